The largest absolute Gasteiger partial charge is 0.507 e. The van der Waals surface area contributed by atoms with E-state index in [2.05, 4.69) is 0 Å². The lowest BCUT2D eigenvalue weighted by molar-refractivity contribution is -0.132. The fourth-order valence-corrected chi connectivity index (χ4v) is 5.22. The van der Waals surface area contributed by atoms with E-state index in [1.807, 2.05) is 88.0 Å². The van der Waals surface area contributed by atoms with E-state index < -0.39 is 17.7 Å². The number of amides is 1. The number of nitrogens with zero attached hydrogens (tertiary/aromatic N) is 2. The molecule has 1 unspecified atom stereocenters. The molecule has 2 heterocycles. The van der Waals surface area contributed by atoms with Gasteiger partial charge in [0.15, 0.2) is 0 Å². The molecule has 1 atom stereocenters. The van der Waals surface area contributed by atoms with Crippen molar-refractivity contribution in [3.63, 3.8) is 0 Å². The van der Waals surface area contributed by atoms with Crippen LogP contribution in [0, 0.1) is 13.8 Å². The number of hydrogen-bond acceptors (Lipinski definition) is 4. The van der Waals surface area contributed by atoms with Crippen molar-refractivity contribution in [1.29, 1.82) is 0 Å². The first-order chi connectivity index (χ1) is 17.7. The molecule has 1 amide bonds. The molecule has 0 bridgehead atoms. The monoisotopic (exact) mass is 494 g/mol. The maximum Gasteiger partial charge on any atom is 0.300 e. The van der Waals surface area contributed by atoms with Crippen molar-refractivity contribution >= 4 is 34.0 Å². The summed E-state index contributed by atoms with van der Waals surface area (Å²) in [5.41, 5.74) is 4.79. The molecule has 0 aliphatic carbocycles. The van der Waals surface area contributed by atoms with Crippen molar-refractivity contribution in [2.24, 2.45) is 7.05 Å². The second-order valence-corrected chi connectivity index (χ2v) is 9.92. The van der Waals surface area contributed by atoms with E-state index in [1.54, 1.807) is 24.3 Å². The average molecular weight is 495 g/mol. The highest BCUT2D eigenvalue weighted by Crippen LogP contribution is 2.45. The number of carbonyl (C=O) groups is 2. The maximum absolute atomic E-state index is 13.6. The summed E-state index contributed by atoms with van der Waals surface area (Å²) in [6, 6.07) is 19.8. The van der Waals surface area contributed by atoms with Crippen molar-refractivity contribution in [2.75, 3.05) is 4.90 Å². The molecule has 0 saturated carbocycles. The zero-order chi connectivity index (χ0) is 26.4. The van der Waals surface area contributed by atoms with Crippen LogP contribution in [0.3, 0.4) is 0 Å². The van der Waals surface area contributed by atoms with E-state index in [0.717, 1.165) is 27.6 Å². The number of anilines is 1. The highest BCUT2D eigenvalue weighted by molar-refractivity contribution is 6.52. The van der Waals surface area contributed by atoms with Crippen LogP contribution < -0.4 is 9.64 Å². The smallest absolute Gasteiger partial charge is 0.300 e. The average Bonchev–Trinajstić information content (AvgIpc) is 3.31. The third-order valence-corrected chi connectivity index (χ3v) is 6.63. The minimum absolute atomic E-state index is 0.0526. The number of carbonyl (C=O) groups excluding carboxylic acids is 2. The van der Waals surface area contributed by atoms with Crippen LogP contribution in [0.1, 0.15) is 42.1 Å². The number of benzene rings is 3. The molecule has 1 fully saturated rings. The van der Waals surface area contributed by atoms with Gasteiger partial charge in [-0.3, -0.25) is 14.5 Å². The normalized spacial score (nSPS) is 17.2. The molecule has 6 nitrogen and oxygen atoms in total. The van der Waals surface area contributed by atoms with Gasteiger partial charge >= 0.3 is 0 Å². The molecule has 37 heavy (non-hydrogen) atoms. The van der Waals surface area contributed by atoms with E-state index in [1.165, 1.54) is 4.90 Å². The first-order valence-corrected chi connectivity index (χ1v) is 12.4. The number of aryl methyl sites for hydroxylation is 3. The highest BCUT2D eigenvalue weighted by Gasteiger charge is 2.48. The predicted octanol–water partition coefficient (Wildman–Crippen LogP) is 6.21. The standard InChI is InChI=1S/C31H30N2O4/c1-18(2)37-23-10-8-9-21(16-23)29(34)27-28(25-17-32(5)26-12-7-6-11-24(25)26)33(31(36)30(27)35)22-14-19(3)13-20(4)15-22/h6-18,28,34H,1-5H3/b29-27+. The number of ether oxygens (including phenoxy) is 1. The van der Waals surface area contributed by atoms with Gasteiger partial charge in [0.05, 0.1) is 17.7 Å². The van der Waals surface area contributed by atoms with Crippen LogP contribution in [0.25, 0.3) is 16.7 Å². The Morgan fingerprint density at radius 2 is 1.65 bits per heavy atom. The van der Waals surface area contributed by atoms with Crippen molar-refractivity contribution in [1.82, 2.24) is 4.57 Å². The molecule has 1 aliphatic heterocycles. The van der Waals surface area contributed by atoms with E-state index in [-0.39, 0.29) is 17.4 Å². The summed E-state index contributed by atoms with van der Waals surface area (Å²) in [5.74, 6) is -1.04. The van der Waals surface area contributed by atoms with Crippen LogP contribution in [0.4, 0.5) is 5.69 Å². The molecule has 5 rings (SSSR count). The van der Waals surface area contributed by atoms with Gasteiger partial charge in [0.25, 0.3) is 11.7 Å². The maximum atomic E-state index is 13.6. The number of para-hydroxylation sites is 1. The van der Waals surface area contributed by atoms with E-state index in [0.29, 0.717) is 17.0 Å². The fourth-order valence-electron chi connectivity index (χ4n) is 5.22. The van der Waals surface area contributed by atoms with Gasteiger partial charge < -0.3 is 14.4 Å². The molecule has 4 aromatic rings. The minimum Gasteiger partial charge on any atom is -0.507 e. The topological polar surface area (TPSA) is 71.8 Å². The summed E-state index contributed by atoms with van der Waals surface area (Å²) >= 11 is 0. The number of fused-ring (bicyclic) bond motifs is 1. The molecule has 0 radical (unpaired) electrons. The number of aliphatic hydroxyl groups excluding tert-OH is 1. The van der Waals surface area contributed by atoms with Gasteiger partial charge in [-0.25, -0.2) is 0 Å². The Bertz CT molecular complexity index is 1560. The number of aromatic nitrogens is 1. The van der Waals surface area contributed by atoms with Crippen molar-refractivity contribution in [2.45, 2.75) is 39.8 Å². The predicted molar refractivity (Wildman–Crippen MR) is 146 cm³/mol. The van der Waals surface area contributed by atoms with Gasteiger partial charge in [-0.05, 0) is 69.2 Å². The fraction of sp³-hybridized carbons (Fsp3) is 0.226. The molecule has 0 spiro atoms. The van der Waals surface area contributed by atoms with Gasteiger partial charge in [0.2, 0.25) is 0 Å². The van der Waals surface area contributed by atoms with Gasteiger partial charge in [0, 0.05) is 41.0 Å². The summed E-state index contributed by atoms with van der Waals surface area (Å²) in [5, 5.41) is 12.5. The summed E-state index contributed by atoms with van der Waals surface area (Å²) in [6.07, 6.45) is 1.88. The Kier molecular flexibility index (Phi) is 6.12. The third-order valence-electron chi connectivity index (χ3n) is 6.63. The molecule has 1 N–H and O–H groups in total. The molecule has 188 valence electrons. The van der Waals surface area contributed by atoms with Gasteiger partial charge in [-0.1, -0.05) is 36.4 Å². The van der Waals surface area contributed by atoms with E-state index >= 15 is 0 Å². The van der Waals surface area contributed by atoms with Gasteiger partial charge in [-0.15, -0.1) is 0 Å². The third kappa shape index (κ3) is 4.29. The Labute approximate surface area is 216 Å². The zero-order valence-electron chi connectivity index (χ0n) is 21.6. The molecular formula is C31H30N2O4. The molecule has 1 aromatic heterocycles. The zero-order valence-corrected chi connectivity index (χ0v) is 21.6. The van der Waals surface area contributed by atoms with E-state index in [4.69, 9.17) is 4.74 Å². The van der Waals surface area contributed by atoms with Crippen LogP contribution in [0.2, 0.25) is 0 Å². The second-order valence-electron chi connectivity index (χ2n) is 9.92. The highest BCUT2D eigenvalue weighted by atomic mass is 16.5. The molecule has 6 heteroatoms. The number of ketones is 1. The van der Waals surface area contributed by atoms with Crippen LogP contribution in [-0.4, -0.2) is 27.5 Å². The number of hydrogen-bond donors (Lipinski definition) is 1. The van der Waals surface area contributed by atoms with Gasteiger partial charge in [0.1, 0.15) is 11.5 Å². The van der Waals surface area contributed by atoms with Crippen LogP contribution in [-0.2, 0) is 16.6 Å². The summed E-state index contributed by atoms with van der Waals surface area (Å²) in [4.78, 5) is 28.7. The second kappa shape index (κ2) is 9.28. The molecule has 1 saturated heterocycles. The lowest BCUT2D eigenvalue weighted by Gasteiger charge is -2.25. The lowest BCUT2D eigenvalue weighted by atomic mass is 9.94. The Hall–Kier alpha value is -4.32. The molecular weight excluding hydrogens is 464 g/mol. The van der Waals surface area contributed by atoms with Crippen molar-refractivity contribution in [3.05, 3.63) is 101 Å². The first kappa shape index (κ1) is 24.4. The summed E-state index contributed by atoms with van der Waals surface area (Å²) < 4.78 is 7.78. The number of aliphatic hydroxyl groups is 1. The van der Waals surface area contributed by atoms with Crippen molar-refractivity contribution in [3.8, 4) is 5.75 Å². The Morgan fingerprint density at radius 1 is 0.946 bits per heavy atom. The quantitative estimate of drug-likeness (QED) is 0.203. The Balaban J connectivity index is 1.78. The summed E-state index contributed by atoms with van der Waals surface area (Å²) in [6.45, 7) is 7.76. The SMILES string of the molecule is Cc1cc(C)cc(N2C(=O)C(=O)/C(=C(/O)c3cccc(OC(C)C)c3)C2c2cn(C)c3ccccc23)c1. The number of Topliss-reactive ketones (excluding diaryl/α,β-unsaturated/α-hetero) is 1. The lowest BCUT2D eigenvalue weighted by Crippen LogP contribution is -2.29. The minimum atomic E-state index is -0.804. The Morgan fingerprint density at radius 3 is 2.35 bits per heavy atom. The molecule has 3 aromatic carbocycles. The first-order valence-electron chi connectivity index (χ1n) is 12.4. The van der Waals surface area contributed by atoms with Crippen LogP contribution >= 0.6 is 0 Å². The van der Waals surface area contributed by atoms with Crippen LogP contribution in [0.5, 0.6) is 5.75 Å². The molecule has 1 aliphatic rings. The number of rotatable bonds is 5. The summed E-state index contributed by atoms with van der Waals surface area (Å²) in [7, 11) is 1.93. The van der Waals surface area contributed by atoms with Crippen molar-refractivity contribution < 1.29 is 19.4 Å². The van der Waals surface area contributed by atoms with Gasteiger partial charge in [-0.2, -0.15) is 0 Å². The van der Waals surface area contributed by atoms with Crippen LogP contribution in [0.15, 0.2) is 78.5 Å². The van der Waals surface area contributed by atoms with E-state index in [9.17, 15) is 14.7 Å².